The summed E-state index contributed by atoms with van der Waals surface area (Å²) >= 11 is 0. The van der Waals surface area contributed by atoms with Crippen molar-refractivity contribution in [2.45, 2.75) is 70.5 Å². The average molecular weight is 448 g/mol. The number of fused-ring (bicyclic) bond motifs is 2. The van der Waals surface area contributed by atoms with Gasteiger partial charge in [-0.25, -0.2) is 0 Å². The second-order valence-corrected chi connectivity index (χ2v) is 8.97. The predicted octanol–water partition coefficient (Wildman–Crippen LogP) is 2.81. The Hall–Kier alpha value is -2.12. The van der Waals surface area contributed by atoms with Gasteiger partial charge in [0.05, 0.1) is 25.9 Å². The number of benzene rings is 1. The van der Waals surface area contributed by atoms with E-state index in [1.54, 1.807) is 0 Å². The van der Waals surface area contributed by atoms with Crippen LogP contribution in [0.2, 0.25) is 0 Å². The van der Waals surface area contributed by atoms with E-state index in [-0.39, 0.29) is 31.3 Å². The van der Waals surface area contributed by atoms with Crippen LogP contribution in [0.4, 0.5) is 0 Å². The molecule has 1 aromatic rings. The molecule has 1 saturated heterocycles. The number of esters is 1. The van der Waals surface area contributed by atoms with Crippen LogP contribution in [-0.4, -0.2) is 56.1 Å². The molecule has 3 rings (SSSR count). The quantitative estimate of drug-likeness (QED) is 0.378. The molecule has 4 atom stereocenters. The molecule has 1 fully saturated rings. The van der Waals surface area contributed by atoms with E-state index in [1.165, 1.54) is 25.5 Å². The van der Waals surface area contributed by atoms with Gasteiger partial charge in [0.1, 0.15) is 12.3 Å². The minimum atomic E-state index is -0.495. The third kappa shape index (κ3) is 6.69. The number of methoxy groups -OCH3 is 1. The average Bonchev–Trinajstić information content (AvgIpc) is 3.20. The Balaban J connectivity index is 1.52. The second-order valence-electron chi connectivity index (χ2n) is 8.97. The van der Waals surface area contributed by atoms with Crippen molar-refractivity contribution in [1.82, 2.24) is 5.32 Å². The third-order valence-electron chi connectivity index (χ3n) is 6.70. The Morgan fingerprint density at radius 1 is 1.25 bits per heavy atom. The lowest BCUT2D eigenvalue weighted by molar-refractivity contribution is -0.141. The van der Waals surface area contributed by atoms with Crippen LogP contribution < -0.4 is 10.1 Å². The van der Waals surface area contributed by atoms with Crippen LogP contribution in [0.3, 0.4) is 0 Å². The van der Waals surface area contributed by atoms with E-state index >= 15 is 0 Å². The monoisotopic (exact) mass is 447 g/mol. The minimum Gasteiger partial charge on any atom is -0.483 e. The standard InChI is InChI=1S/C25H37NO6/c1-3-4-5-8-19(27)10-11-23-21-12-17-7-6-9-22(20(17)13-18(21)15-31-23)32-16-24(28)26-14-25(29)30-2/h6-7,9,18-19,21,23,27H,3-5,8,10-16H2,1-2H3,(H,26,28). The Bertz CT molecular complexity index is 767. The molecule has 178 valence electrons. The van der Waals surface area contributed by atoms with Crippen LogP contribution in [0, 0.1) is 11.8 Å². The van der Waals surface area contributed by atoms with Gasteiger partial charge >= 0.3 is 5.97 Å². The Morgan fingerprint density at radius 2 is 2.09 bits per heavy atom. The maximum absolute atomic E-state index is 12.0. The highest BCUT2D eigenvalue weighted by Crippen LogP contribution is 2.42. The maximum Gasteiger partial charge on any atom is 0.325 e. The van der Waals surface area contributed by atoms with Gasteiger partial charge < -0.3 is 24.6 Å². The summed E-state index contributed by atoms with van der Waals surface area (Å²) in [6, 6.07) is 5.99. The molecule has 0 radical (unpaired) electrons. The first-order valence-electron chi connectivity index (χ1n) is 11.9. The number of nitrogens with one attached hydrogen (secondary N) is 1. The number of amides is 1. The Labute approximate surface area is 190 Å². The number of unbranched alkanes of at least 4 members (excludes halogenated alkanes) is 2. The van der Waals surface area contributed by atoms with Gasteiger partial charge in [0, 0.05) is 0 Å². The summed E-state index contributed by atoms with van der Waals surface area (Å²) in [7, 11) is 1.28. The zero-order chi connectivity index (χ0) is 22.9. The number of aliphatic hydroxyl groups is 1. The molecule has 0 spiro atoms. The van der Waals surface area contributed by atoms with Crippen molar-refractivity contribution in [2.24, 2.45) is 11.8 Å². The fourth-order valence-corrected chi connectivity index (χ4v) is 4.86. The zero-order valence-electron chi connectivity index (χ0n) is 19.3. The first-order valence-corrected chi connectivity index (χ1v) is 11.9. The maximum atomic E-state index is 12.0. The number of carbonyl (C=O) groups is 2. The Kier molecular flexibility index (Phi) is 9.36. The molecule has 32 heavy (non-hydrogen) atoms. The van der Waals surface area contributed by atoms with Gasteiger partial charge in [0.2, 0.25) is 0 Å². The van der Waals surface area contributed by atoms with Crippen molar-refractivity contribution in [2.75, 3.05) is 26.9 Å². The van der Waals surface area contributed by atoms with Crippen molar-refractivity contribution >= 4 is 11.9 Å². The fraction of sp³-hybridized carbons (Fsp3) is 0.680. The summed E-state index contributed by atoms with van der Waals surface area (Å²) in [5.41, 5.74) is 2.40. The highest BCUT2D eigenvalue weighted by Gasteiger charge is 2.41. The Morgan fingerprint density at radius 3 is 2.88 bits per heavy atom. The minimum absolute atomic E-state index is 0.142. The van der Waals surface area contributed by atoms with Crippen molar-refractivity contribution in [3.05, 3.63) is 29.3 Å². The molecule has 2 N–H and O–H groups in total. The number of rotatable bonds is 12. The molecule has 1 amide bonds. The number of hydrogen-bond acceptors (Lipinski definition) is 6. The van der Waals surface area contributed by atoms with Gasteiger partial charge in [-0.15, -0.1) is 0 Å². The van der Waals surface area contributed by atoms with Gasteiger partial charge in [-0.2, -0.15) is 0 Å². The fourth-order valence-electron chi connectivity index (χ4n) is 4.86. The smallest absolute Gasteiger partial charge is 0.325 e. The summed E-state index contributed by atoms with van der Waals surface area (Å²) in [5, 5.41) is 12.8. The highest BCUT2D eigenvalue weighted by atomic mass is 16.5. The van der Waals surface area contributed by atoms with E-state index in [2.05, 4.69) is 23.0 Å². The third-order valence-corrected chi connectivity index (χ3v) is 6.70. The summed E-state index contributed by atoms with van der Waals surface area (Å²) in [5.74, 6) is 0.768. The molecule has 7 nitrogen and oxygen atoms in total. The first-order chi connectivity index (χ1) is 15.5. The molecule has 0 saturated carbocycles. The van der Waals surface area contributed by atoms with Gasteiger partial charge in [-0.1, -0.05) is 38.3 Å². The van der Waals surface area contributed by atoms with Gasteiger partial charge in [-0.3, -0.25) is 9.59 Å². The van der Waals surface area contributed by atoms with Crippen molar-refractivity contribution in [3.63, 3.8) is 0 Å². The first kappa shape index (κ1) is 24.5. The molecule has 7 heteroatoms. The molecule has 1 heterocycles. The van der Waals surface area contributed by atoms with E-state index in [1.807, 2.05) is 12.1 Å². The van der Waals surface area contributed by atoms with Crippen LogP contribution in [-0.2, 0) is 31.9 Å². The molecule has 4 unspecified atom stereocenters. The zero-order valence-corrected chi connectivity index (χ0v) is 19.3. The largest absolute Gasteiger partial charge is 0.483 e. The van der Waals surface area contributed by atoms with E-state index in [9.17, 15) is 14.7 Å². The lowest BCUT2D eigenvalue weighted by atomic mass is 9.74. The highest BCUT2D eigenvalue weighted by molar-refractivity contribution is 5.82. The molecule has 2 aliphatic rings. The number of ether oxygens (including phenoxy) is 3. The van der Waals surface area contributed by atoms with Crippen molar-refractivity contribution in [3.8, 4) is 5.75 Å². The van der Waals surface area contributed by atoms with E-state index in [0.29, 0.717) is 11.8 Å². The second kappa shape index (κ2) is 12.2. The van der Waals surface area contributed by atoms with E-state index in [0.717, 1.165) is 56.4 Å². The van der Waals surface area contributed by atoms with Crippen molar-refractivity contribution < 1.29 is 28.9 Å². The topological polar surface area (TPSA) is 94.1 Å². The summed E-state index contributed by atoms with van der Waals surface area (Å²) in [6.45, 7) is 2.60. The van der Waals surface area contributed by atoms with Crippen LogP contribution in [0.15, 0.2) is 18.2 Å². The van der Waals surface area contributed by atoms with Crippen LogP contribution in [0.5, 0.6) is 5.75 Å². The lowest BCUT2D eigenvalue weighted by Crippen LogP contribution is -2.34. The lowest BCUT2D eigenvalue weighted by Gasteiger charge is -2.30. The van der Waals surface area contributed by atoms with Crippen LogP contribution in [0.25, 0.3) is 0 Å². The molecule has 1 aliphatic carbocycles. The van der Waals surface area contributed by atoms with E-state index in [4.69, 9.17) is 9.47 Å². The molecular weight excluding hydrogens is 410 g/mol. The number of aliphatic hydroxyl groups excluding tert-OH is 1. The summed E-state index contributed by atoms with van der Waals surface area (Å²) < 4.78 is 16.5. The molecule has 1 aromatic carbocycles. The van der Waals surface area contributed by atoms with Gasteiger partial charge in [0.25, 0.3) is 5.91 Å². The predicted molar refractivity (Wildman–Crippen MR) is 120 cm³/mol. The van der Waals surface area contributed by atoms with Crippen LogP contribution in [0.1, 0.15) is 56.6 Å². The van der Waals surface area contributed by atoms with Gasteiger partial charge in [-0.05, 0) is 61.1 Å². The van der Waals surface area contributed by atoms with Crippen molar-refractivity contribution in [1.29, 1.82) is 0 Å². The molecule has 0 aromatic heterocycles. The number of hydrogen-bond donors (Lipinski definition) is 2. The SMILES string of the molecule is CCCCCC(O)CCC1OCC2Cc3c(cccc3OCC(=O)NCC(=O)OC)CC21. The molecule has 1 aliphatic heterocycles. The molecular formula is C25H37NO6. The summed E-state index contributed by atoms with van der Waals surface area (Å²) in [4.78, 5) is 23.1. The van der Waals surface area contributed by atoms with E-state index < -0.39 is 5.97 Å². The van der Waals surface area contributed by atoms with Crippen LogP contribution >= 0.6 is 0 Å². The number of carbonyl (C=O) groups excluding carboxylic acids is 2. The van der Waals surface area contributed by atoms with Gasteiger partial charge in [0.15, 0.2) is 6.61 Å². The molecule has 0 bridgehead atoms. The summed E-state index contributed by atoms with van der Waals surface area (Å²) in [6.07, 6.45) is 7.79. The normalized spacial score (nSPS) is 22.5.